The molecule has 3 N–H and O–H groups in total. The van der Waals surface area contributed by atoms with Gasteiger partial charge in [0.1, 0.15) is 23.2 Å². The van der Waals surface area contributed by atoms with Gasteiger partial charge >= 0.3 is 16.3 Å². The maximum Gasteiger partial charge on any atom is 0.408 e. The summed E-state index contributed by atoms with van der Waals surface area (Å²) in [7, 11) is -4.10. The van der Waals surface area contributed by atoms with Crippen LogP contribution in [0.5, 0.6) is 0 Å². The lowest BCUT2D eigenvalue weighted by Crippen LogP contribution is -2.59. The van der Waals surface area contributed by atoms with Crippen LogP contribution in [0.3, 0.4) is 0 Å². The van der Waals surface area contributed by atoms with Crippen molar-refractivity contribution in [2.75, 3.05) is 13.1 Å². The molecule has 4 rings (SSSR count). The molecule has 1 aliphatic carbocycles. The minimum atomic E-state index is -4.10. The standard InChI is InChI=1S/C30H49N5O7S/c1-5-22-15-11-12-19-35(22)43(40,41)33-27(38)30-20-21(30)14-9-7-6-8-10-16-23(31-28(39)42-29(2,3)4)26(37)34-18-13-17-24(34)25(36)32-30/h9,14,21-24H,5-8,10-13,15-20H2,1-4H3,(H,31,39)(H,32,36)(H,33,38)/b14-9-/t21-,22?,23+,24+,30-/m1/s1. The van der Waals surface area contributed by atoms with E-state index in [4.69, 9.17) is 4.74 Å². The van der Waals surface area contributed by atoms with E-state index in [1.54, 1.807) is 20.8 Å². The summed E-state index contributed by atoms with van der Waals surface area (Å²) in [6.45, 7) is 7.86. The summed E-state index contributed by atoms with van der Waals surface area (Å²) in [5.74, 6) is -1.96. The average molecular weight is 624 g/mol. The van der Waals surface area contributed by atoms with Crippen molar-refractivity contribution in [2.45, 2.75) is 134 Å². The molecule has 0 aromatic carbocycles. The smallest absolute Gasteiger partial charge is 0.408 e. The third kappa shape index (κ3) is 8.09. The van der Waals surface area contributed by atoms with E-state index in [9.17, 15) is 27.6 Å². The summed E-state index contributed by atoms with van der Waals surface area (Å²) in [5, 5.41) is 5.59. The number of fused-ring (bicyclic) bond motifs is 2. The second-order valence-corrected chi connectivity index (χ2v) is 15.0. The fourth-order valence-electron chi connectivity index (χ4n) is 6.51. The average Bonchev–Trinajstić information content (AvgIpc) is 3.39. The van der Waals surface area contributed by atoms with Crippen LogP contribution in [0.25, 0.3) is 0 Å². The minimum Gasteiger partial charge on any atom is -0.444 e. The quantitative estimate of drug-likeness (QED) is 0.398. The Morgan fingerprint density at radius 2 is 1.79 bits per heavy atom. The van der Waals surface area contributed by atoms with Crippen molar-refractivity contribution in [3.63, 3.8) is 0 Å². The molecule has 3 fully saturated rings. The van der Waals surface area contributed by atoms with Crippen molar-refractivity contribution in [1.29, 1.82) is 0 Å². The summed E-state index contributed by atoms with van der Waals surface area (Å²) in [4.78, 5) is 55.2. The zero-order valence-electron chi connectivity index (χ0n) is 26.0. The van der Waals surface area contributed by atoms with E-state index in [0.29, 0.717) is 45.2 Å². The normalized spacial score (nSPS) is 31.9. The van der Waals surface area contributed by atoms with Gasteiger partial charge in [-0.15, -0.1) is 0 Å². The van der Waals surface area contributed by atoms with Crippen LogP contribution in [0.4, 0.5) is 4.79 Å². The molecule has 0 bridgehead atoms. The van der Waals surface area contributed by atoms with Crippen molar-refractivity contribution in [2.24, 2.45) is 5.92 Å². The molecule has 0 spiro atoms. The van der Waals surface area contributed by atoms with Gasteiger partial charge in [0.15, 0.2) is 0 Å². The van der Waals surface area contributed by atoms with Crippen molar-refractivity contribution in [1.82, 2.24) is 24.6 Å². The third-order valence-electron chi connectivity index (χ3n) is 8.90. The molecule has 4 aliphatic rings. The molecule has 2 saturated heterocycles. The zero-order chi connectivity index (χ0) is 31.4. The van der Waals surface area contributed by atoms with E-state index in [-0.39, 0.29) is 24.3 Å². The number of nitrogens with zero attached hydrogens (tertiary/aromatic N) is 2. The number of hydrogen-bond donors (Lipinski definition) is 3. The molecule has 0 aromatic rings. The number of hydrogen-bond acceptors (Lipinski definition) is 7. The lowest BCUT2D eigenvalue weighted by Gasteiger charge is -2.34. The van der Waals surface area contributed by atoms with Crippen LogP contribution < -0.4 is 15.4 Å². The summed E-state index contributed by atoms with van der Waals surface area (Å²) >= 11 is 0. The molecule has 5 atom stereocenters. The summed E-state index contributed by atoms with van der Waals surface area (Å²) < 4.78 is 35.8. The predicted octanol–water partition coefficient (Wildman–Crippen LogP) is 2.89. The van der Waals surface area contributed by atoms with Gasteiger partial charge in [0, 0.05) is 25.0 Å². The van der Waals surface area contributed by atoms with Crippen LogP contribution in [0.1, 0.15) is 105 Å². The lowest BCUT2D eigenvalue weighted by atomic mass is 10.0. The second-order valence-electron chi connectivity index (χ2n) is 13.3. The molecule has 1 unspecified atom stereocenters. The first-order valence-corrected chi connectivity index (χ1v) is 17.3. The van der Waals surface area contributed by atoms with Crippen LogP contribution in [0.2, 0.25) is 0 Å². The van der Waals surface area contributed by atoms with Crippen LogP contribution >= 0.6 is 0 Å². The Kier molecular flexibility index (Phi) is 10.5. The molecule has 4 amide bonds. The van der Waals surface area contributed by atoms with Gasteiger partial charge in [-0.3, -0.25) is 14.4 Å². The molecular formula is C30H49N5O7S. The fraction of sp³-hybridized carbons (Fsp3) is 0.800. The number of ether oxygens (including phenoxy) is 1. The van der Waals surface area contributed by atoms with E-state index in [1.807, 2.05) is 19.1 Å². The Labute approximate surface area is 255 Å². The Morgan fingerprint density at radius 1 is 1.05 bits per heavy atom. The molecule has 43 heavy (non-hydrogen) atoms. The number of nitrogens with one attached hydrogen (secondary N) is 3. The number of amides is 4. The van der Waals surface area contributed by atoms with Crippen LogP contribution in [-0.2, 0) is 29.3 Å². The van der Waals surface area contributed by atoms with Crippen molar-refractivity contribution in [3.8, 4) is 0 Å². The topological polar surface area (TPSA) is 154 Å². The van der Waals surface area contributed by atoms with Gasteiger partial charge < -0.3 is 20.3 Å². The molecule has 242 valence electrons. The number of allylic oxidation sites excluding steroid dienone is 1. The van der Waals surface area contributed by atoms with E-state index in [1.165, 1.54) is 9.21 Å². The zero-order valence-corrected chi connectivity index (χ0v) is 26.8. The molecule has 0 radical (unpaired) electrons. The van der Waals surface area contributed by atoms with Gasteiger partial charge in [-0.1, -0.05) is 38.3 Å². The van der Waals surface area contributed by atoms with E-state index >= 15 is 0 Å². The van der Waals surface area contributed by atoms with Gasteiger partial charge in [-0.2, -0.15) is 12.7 Å². The second kappa shape index (κ2) is 13.5. The maximum atomic E-state index is 13.7. The molecule has 1 saturated carbocycles. The third-order valence-corrected chi connectivity index (χ3v) is 10.4. The van der Waals surface area contributed by atoms with E-state index in [2.05, 4.69) is 15.4 Å². The van der Waals surface area contributed by atoms with E-state index < -0.39 is 51.3 Å². The summed E-state index contributed by atoms with van der Waals surface area (Å²) in [6.07, 6.45) is 11.0. The van der Waals surface area contributed by atoms with Crippen LogP contribution in [-0.4, -0.2) is 83.8 Å². The number of rotatable bonds is 5. The van der Waals surface area contributed by atoms with Crippen molar-refractivity contribution in [3.05, 3.63) is 12.2 Å². The van der Waals surface area contributed by atoms with Gasteiger partial charge in [-0.25, -0.2) is 9.52 Å². The number of carbonyl (C=O) groups is 4. The highest BCUT2D eigenvalue weighted by Gasteiger charge is 2.61. The monoisotopic (exact) mass is 623 g/mol. The largest absolute Gasteiger partial charge is 0.444 e. The summed E-state index contributed by atoms with van der Waals surface area (Å²) in [5.41, 5.74) is -2.15. The molecular weight excluding hydrogens is 574 g/mol. The first-order chi connectivity index (χ1) is 20.3. The van der Waals surface area contributed by atoms with Gasteiger partial charge in [0.05, 0.1) is 0 Å². The van der Waals surface area contributed by atoms with Crippen molar-refractivity contribution >= 4 is 34.0 Å². The Bertz CT molecular complexity index is 1200. The molecule has 3 aliphatic heterocycles. The highest BCUT2D eigenvalue weighted by molar-refractivity contribution is 7.87. The Hall–Kier alpha value is -2.67. The van der Waals surface area contributed by atoms with Gasteiger partial charge in [-0.05, 0) is 78.6 Å². The van der Waals surface area contributed by atoms with Crippen molar-refractivity contribution < 1.29 is 32.3 Å². The minimum absolute atomic E-state index is 0.172. The van der Waals surface area contributed by atoms with E-state index in [0.717, 1.165) is 38.5 Å². The SMILES string of the molecule is CCC1CCCCN1S(=O)(=O)NC(=O)[C@@]12C[C@H]1/C=C\CCCCC[C@H](NC(=O)OC(C)(C)C)C(=O)N1CCC[C@H]1C(=O)N2. The highest BCUT2D eigenvalue weighted by atomic mass is 32.2. The molecule has 3 heterocycles. The Balaban J connectivity index is 1.54. The number of alkyl carbamates (subject to hydrolysis) is 1. The van der Waals surface area contributed by atoms with Gasteiger partial charge in [0.2, 0.25) is 11.8 Å². The predicted molar refractivity (Wildman–Crippen MR) is 161 cm³/mol. The fourth-order valence-corrected chi connectivity index (χ4v) is 8.06. The molecule has 12 nitrogen and oxygen atoms in total. The molecule has 0 aromatic heterocycles. The first-order valence-electron chi connectivity index (χ1n) is 15.9. The van der Waals surface area contributed by atoms with Gasteiger partial charge in [0.25, 0.3) is 5.91 Å². The molecule has 13 heteroatoms. The van der Waals surface area contributed by atoms with Crippen LogP contribution in [0, 0.1) is 5.92 Å². The Morgan fingerprint density at radius 3 is 2.51 bits per heavy atom. The highest BCUT2D eigenvalue weighted by Crippen LogP contribution is 2.46. The first kappa shape index (κ1) is 33.2. The summed E-state index contributed by atoms with van der Waals surface area (Å²) in [6, 6.07) is -1.86. The maximum absolute atomic E-state index is 13.7. The lowest BCUT2D eigenvalue weighted by molar-refractivity contribution is -0.141. The van der Waals surface area contributed by atoms with Crippen LogP contribution in [0.15, 0.2) is 12.2 Å². The number of carbonyl (C=O) groups excluding carboxylic acids is 4. The number of piperidine rings is 1.